The molecule has 2 saturated heterocycles. The van der Waals surface area contributed by atoms with Gasteiger partial charge >= 0.3 is 6.03 Å². The van der Waals surface area contributed by atoms with Crippen molar-refractivity contribution in [1.82, 2.24) is 14.5 Å². The van der Waals surface area contributed by atoms with Crippen LogP contribution >= 0.6 is 0 Å². The molecule has 2 fully saturated rings. The van der Waals surface area contributed by atoms with Gasteiger partial charge in [-0.2, -0.15) is 4.31 Å². The van der Waals surface area contributed by atoms with Gasteiger partial charge in [0.2, 0.25) is 10.0 Å². The summed E-state index contributed by atoms with van der Waals surface area (Å²) >= 11 is 0. The van der Waals surface area contributed by atoms with E-state index in [0.717, 1.165) is 0 Å². The van der Waals surface area contributed by atoms with Crippen LogP contribution in [0.4, 0.5) is 4.79 Å². The predicted octanol–water partition coefficient (Wildman–Crippen LogP) is 1.44. The first-order valence-corrected chi connectivity index (χ1v) is 11.5. The van der Waals surface area contributed by atoms with Gasteiger partial charge in [-0.05, 0) is 43.5 Å². The van der Waals surface area contributed by atoms with Gasteiger partial charge in [0.05, 0.1) is 24.7 Å². The summed E-state index contributed by atoms with van der Waals surface area (Å²) in [5, 5.41) is 2.77. The maximum absolute atomic E-state index is 12.6. The lowest BCUT2D eigenvalue weighted by Gasteiger charge is -2.26. The van der Waals surface area contributed by atoms with Crippen LogP contribution in [0.15, 0.2) is 29.2 Å². The number of urea groups is 1. The molecule has 0 radical (unpaired) electrons. The Labute approximate surface area is 177 Å². The minimum absolute atomic E-state index is 0.117. The smallest absolute Gasteiger partial charge is 0.325 e. The third-order valence-electron chi connectivity index (χ3n) is 5.18. The van der Waals surface area contributed by atoms with E-state index < -0.39 is 21.6 Å². The van der Waals surface area contributed by atoms with Crippen molar-refractivity contribution in [3.05, 3.63) is 24.3 Å². The average Bonchev–Trinajstić information content (AvgIpc) is 2.91. The maximum atomic E-state index is 12.6. The first-order chi connectivity index (χ1) is 14.1. The molecule has 1 unspecified atom stereocenters. The summed E-state index contributed by atoms with van der Waals surface area (Å²) < 4.78 is 37.5. The van der Waals surface area contributed by atoms with Crippen LogP contribution in [0.1, 0.15) is 27.2 Å². The monoisotopic (exact) mass is 439 g/mol. The fourth-order valence-electron chi connectivity index (χ4n) is 3.80. The van der Waals surface area contributed by atoms with Gasteiger partial charge in [-0.3, -0.25) is 9.69 Å². The molecule has 2 heterocycles. The molecule has 1 aromatic rings. The molecule has 10 heteroatoms. The number of benzene rings is 1. The van der Waals surface area contributed by atoms with Crippen LogP contribution < -0.4 is 10.1 Å². The number of carbonyl (C=O) groups is 2. The van der Waals surface area contributed by atoms with Gasteiger partial charge < -0.3 is 14.8 Å². The number of sulfonamides is 1. The zero-order valence-electron chi connectivity index (χ0n) is 17.6. The van der Waals surface area contributed by atoms with Crippen molar-refractivity contribution >= 4 is 22.0 Å². The minimum atomic E-state index is -3.56. The Morgan fingerprint density at radius 2 is 1.80 bits per heavy atom. The van der Waals surface area contributed by atoms with Gasteiger partial charge in [-0.15, -0.1) is 0 Å². The van der Waals surface area contributed by atoms with E-state index >= 15 is 0 Å². The van der Waals surface area contributed by atoms with E-state index in [1.54, 1.807) is 19.1 Å². The second kappa shape index (κ2) is 8.91. The topological polar surface area (TPSA) is 105 Å². The Morgan fingerprint density at radius 3 is 2.40 bits per heavy atom. The van der Waals surface area contributed by atoms with Gasteiger partial charge in [-0.25, -0.2) is 13.2 Å². The lowest BCUT2D eigenvalue weighted by Crippen LogP contribution is -2.45. The second-order valence-corrected chi connectivity index (χ2v) is 10.1. The standard InChI is InChI=1S/C20H29N3O6S/c1-15(2)14-20(3)18(24)23(19(25)21-20)10-13-29-16-4-6-17(7-5-16)30(26,27)22-8-11-28-12-9-22/h4-7,15H,8-14H2,1-3H3,(H,21,25). The van der Waals surface area contributed by atoms with Crippen molar-refractivity contribution in [2.45, 2.75) is 37.6 Å². The van der Waals surface area contributed by atoms with Crippen molar-refractivity contribution < 1.29 is 27.5 Å². The van der Waals surface area contributed by atoms with Crippen molar-refractivity contribution in [2.75, 3.05) is 39.5 Å². The van der Waals surface area contributed by atoms with Crippen molar-refractivity contribution in [3.8, 4) is 5.75 Å². The van der Waals surface area contributed by atoms with Crippen LogP contribution in [0.5, 0.6) is 5.75 Å². The number of nitrogens with one attached hydrogen (secondary N) is 1. The first kappa shape index (κ1) is 22.5. The zero-order valence-corrected chi connectivity index (χ0v) is 18.4. The third-order valence-corrected chi connectivity index (χ3v) is 7.09. The van der Waals surface area contributed by atoms with E-state index in [4.69, 9.17) is 9.47 Å². The quantitative estimate of drug-likeness (QED) is 0.615. The summed E-state index contributed by atoms with van der Waals surface area (Å²) in [5.41, 5.74) is -0.888. The molecule has 2 aliphatic heterocycles. The lowest BCUT2D eigenvalue weighted by atomic mass is 9.91. The van der Waals surface area contributed by atoms with E-state index in [-0.39, 0.29) is 29.9 Å². The molecule has 30 heavy (non-hydrogen) atoms. The SMILES string of the molecule is CC(C)CC1(C)NC(=O)N(CCOc2ccc(S(=O)(=O)N3CCOCC3)cc2)C1=O. The molecule has 1 atom stereocenters. The Balaban J connectivity index is 1.56. The maximum Gasteiger partial charge on any atom is 0.325 e. The summed E-state index contributed by atoms with van der Waals surface area (Å²) in [7, 11) is -3.56. The highest BCUT2D eigenvalue weighted by atomic mass is 32.2. The Bertz CT molecular complexity index is 880. The fraction of sp³-hybridized carbons (Fsp3) is 0.600. The Hall–Kier alpha value is -2.17. The number of ether oxygens (including phenoxy) is 2. The van der Waals surface area contributed by atoms with Gasteiger partial charge in [0.15, 0.2) is 0 Å². The summed E-state index contributed by atoms with van der Waals surface area (Å²) in [6.45, 7) is 7.42. The molecule has 1 aromatic carbocycles. The number of amides is 3. The molecule has 0 bridgehead atoms. The van der Waals surface area contributed by atoms with Gasteiger partial charge in [0.1, 0.15) is 17.9 Å². The Morgan fingerprint density at radius 1 is 1.17 bits per heavy atom. The molecular weight excluding hydrogens is 410 g/mol. The molecule has 9 nitrogen and oxygen atoms in total. The van der Waals surface area contributed by atoms with E-state index in [2.05, 4.69) is 5.32 Å². The number of carbonyl (C=O) groups excluding carboxylic acids is 2. The third kappa shape index (κ3) is 4.76. The number of hydrogen-bond acceptors (Lipinski definition) is 6. The summed E-state index contributed by atoms with van der Waals surface area (Å²) in [4.78, 5) is 26.2. The zero-order chi connectivity index (χ0) is 21.9. The molecule has 2 aliphatic rings. The van der Waals surface area contributed by atoms with E-state index in [9.17, 15) is 18.0 Å². The van der Waals surface area contributed by atoms with E-state index in [0.29, 0.717) is 38.5 Å². The molecule has 0 aliphatic carbocycles. The van der Waals surface area contributed by atoms with E-state index in [1.807, 2.05) is 13.8 Å². The lowest BCUT2D eigenvalue weighted by molar-refractivity contribution is -0.131. The minimum Gasteiger partial charge on any atom is -0.492 e. The van der Waals surface area contributed by atoms with Crippen molar-refractivity contribution in [2.24, 2.45) is 5.92 Å². The number of morpholine rings is 1. The Kier molecular flexibility index (Phi) is 6.68. The average molecular weight is 440 g/mol. The van der Waals surface area contributed by atoms with E-state index in [1.165, 1.54) is 21.3 Å². The van der Waals surface area contributed by atoms with Crippen LogP contribution in [0.2, 0.25) is 0 Å². The van der Waals surface area contributed by atoms with Crippen molar-refractivity contribution in [3.63, 3.8) is 0 Å². The van der Waals surface area contributed by atoms with Crippen molar-refractivity contribution in [1.29, 1.82) is 0 Å². The molecular formula is C20H29N3O6S. The highest BCUT2D eigenvalue weighted by Gasteiger charge is 2.47. The molecule has 0 aromatic heterocycles. The van der Waals surface area contributed by atoms with Gasteiger partial charge in [-0.1, -0.05) is 13.8 Å². The summed E-state index contributed by atoms with van der Waals surface area (Å²) in [5.74, 6) is 0.479. The van der Waals surface area contributed by atoms with Crippen LogP contribution in [0, 0.1) is 5.92 Å². The molecule has 3 amide bonds. The normalized spacial score (nSPS) is 23.1. The van der Waals surface area contributed by atoms with Crippen LogP contribution in [0.3, 0.4) is 0 Å². The predicted molar refractivity (Wildman–Crippen MR) is 110 cm³/mol. The van der Waals surface area contributed by atoms with Gasteiger partial charge in [0, 0.05) is 13.1 Å². The molecule has 0 saturated carbocycles. The van der Waals surface area contributed by atoms with Gasteiger partial charge in [0.25, 0.3) is 5.91 Å². The van der Waals surface area contributed by atoms with Crippen LogP contribution in [-0.4, -0.2) is 74.6 Å². The second-order valence-electron chi connectivity index (χ2n) is 8.15. The fourth-order valence-corrected chi connectivity index (χ4v) is 5.21. The number of nitrogens with zero attached hydrogens (tertiary/aromatic N) is 2. The summed E-state index contributed by atoms with van der Waals surface area (Å²) in [6, 6.07) is 5.71. The highest BCUT2D eigenvalue weighted by Crippen LogP contribution is 2.25. The molecule has 166 valence electrons. The van der Waals surface area contributed by atoms with Crippen LogP contribution in [0.25, 0.3) is 0 Å². The first-order valence-electron chi connectivity index (χ1n) is 10.1. The molecule has 1 N–H and O–H groups in total. The molecule has 3 rings (SSSR count). The van der Waals surface area contributed by atoms with Crippen LogP contribution in [-0.2, 0) is 19.6 Å². The number of imide groups is 1. The number of hydrogen-bond donors (Lipinski definition) is 1. The summed E-state index contributed by atoms with van der Waals surface area (Å²) in [6.07, 6.45) is 0.564. The number of rotatable bonds is 8. The highest BCUT2D eigenvalue weighted by molar-refractivity contribution is 7.89. The molecule has 0 spiro atoms. The largest absolute Gasteiger partial charge is 0.492 e.